The first-order valence-electron chi connectivity index (χ1n) is 7.89. The number of amides is 1. The number of hydrogen-bond donors (Lipinski definition) is 2. The summed E-state index contributed by atoms with van der Waals surface area (Å²) in [6.07, 6.45) is 3.37. The number of hydrogen-bond acceptors (Lipinski definition) is 4. The highest BCUT2D eigenvalue weighted by Gasteiger charge is 2.14. The highest BCUT2D eigenvalue weighted by Crippen LogP contribution is 2.21. The summed E-state index contributed by atoms with van der Waals surface area (Å²) in [5.74, 6) is 1.23. The molecule has 2 aromatic rings. The monoisotopic (exact) mass is 383 g/mol. The van der Waals surface area contributed by atoms with Gasteiger partial charge in [0.15, 0.2) is 0 Å². The van der Waals surface area contributed by atoms with Crippen molar-refractivity contribution >= 4 is 30.7 Å². The van der Waals surface area contributed by atoms with Crippen molar-refractivity contribution in [1.82, 2.24) is 15.6 Å². The molecule has 1 amide bonds. The molecule has 2 N–H and O–H groups in total. The van der Waals surface area contributed by atoms with Crippen LogP contribution in [0.4, 0.5) is 0 Å². The van der Waals surface area contributed by atoms with Gasteiger partial charge in [-0.1, -0.05) is 29.8 Å². The first-order chi connectivity index (χ1) is 11.2. The molecule has 0 bridgehead atoms. The average Bonchev–Trinajstić information content (AvgIpc) is 2.95. The van der Waals surface area contributed by atoms with E-state index in [9.17, 15) is 4.79 Å². The molecule has 0 aliphatic carbocycles. The Morgan fingerprint density at radius 1 is 1.28 bits per heavy atom. The van der Waals surface area contributed by atoms with Crippen molar-refractivity contribution in [1.29, 1.82) is 0 Å². The van der Waals surface area contributed by atoms with Crippen LogP contribution in [0, 0.1) is 6.92 Å². The predicted molar refractivity (Wildman–Crippen MR) is 103 cm³/mol. The number of halogens is 2. The fraction of sp³-hybridized carbons (Fsp3) is 0.333. The fourth-order valence-corrected chi connectivity index (χ4v) is 2.55. The molecule has 1 aromatic heterocycles. The first kappa shape index (κ1) is 21.2. The molecule has 3 rings (SSSR count). The second-order valence-corrected chi connectivity index (χ2v) is 5.66. The minimum absolute atomic E-state index is 0. The summed E-state index contributed by atoms with van der Waals surface area (Å²) in [7, 11) is 0. The Labute approximate surface area is 160 Å². The molecular formula is C18H23Cl2N3O2. The van der Waals surface area contributed by atoms with E-state index in [1.165, 1.54) is 5.57 Å². The molecule has 0 saturated heterocycles. The molecule has 0 radical (unpaired) electrons. The van der Waals surface area contributed by atoms with Gasteiger partial charge in [0.05, 0.1) is 12.1 Å². The number of aryl methyl sites for hydroxylation is 1. The quantitative estimate of drug-likeness (QED) is 0.778. The van der Waals surface area contributed by atoms with Crippen LogP contribution in [0.2, 0.25) is 0 Å². The lowest BCUT2D eigenvalue weighted by molar-refractivity contribution is -0.120. The predicted octanol–water partition coefficient (Wildman–Crippen LogP) is 3.07. The van der Waals surface area contributed by atoms with Gasteiger partial charge in [-0.3, -0.25) is 4.79 Å². The third-order valence-electron chi connectivity index (χ3n) is 3.91. The van der Waals surface area contributed by atoms with Crippen LogP contribution in [0.3, 0.4) is 0 Å². The number of carbonyl (C=O) groups excluding carboxylic acids is 1. The number of benzene rings is 1. The van der Waals surface area contributed by atoms with Crippen molar-refractivity contribution in [2.75, 3.05) is 19.6 Å². The zero-order valence-electron chi connectivity index (χ0n) is 14.1. The molecule has 5 nitrogen and oxygen atoms in total. The Balaban J connectivity index is 0.00000156. The van der Waals surface area contributed by atoms with E-state index in [1.54, 1.807) is 0 Å². The summed E-state index contributed by atoms with van der Waals surface area (Å²) >= 11 is 0. The minimum Gasteiger partial charge on any atom is -0.441 e. The number of nitrogens with one attached hydrogen (secondary N) is 2. The number of aromatic nitrogens is 1. The van der Waals surface area contributed by atoms with Gasteiger partial charge < -0.3 is 15.1 Å². The lowest BCUT2D eigenvalue weighted by Crippen LogP contribution is -2.30. The first-order valence-corrected chi connectivity index (χ1v) is 7.89. The Bertz CT molecular complexity index is 714. The van der Waals surface area contributed by atoms with Gasteiger partial charge in [0.2, 0.25) is 11.8 Å². The van der Waals surface area contributed by atoms with Crippen LogP contribution < -0.4 is 10.6 Å². The van der Waals surface area contributed by atoms with Crippen LogP contribution in [-0.4, -0.2) is 30.5 Å². The van der Waals surface area contributed by atoms with Crippen molar-refractivity contribution in [3.63, 3.8) is 0 Å². The van der Waals surface area contributed by atoms with Crippen LogP contribution in [0.1, 0.15) is 17.9 Å². The Hall–Kier alpha value is -1.82. The van der Waals surface area contributed by atoms with E-state index in [2.05, 4.69) is 21.7 Å². The van der Waals surface area contributed by atoms with Crippen LogP contribution in [0.25, 0.3) is 11.5 Å². The van der Waals surface area contributed by atoms with Gasteiger partial charge in [0, 0.05) is 18.7 Å². The minimum atomic E-state index is -0.0274. The SMILES string of the molecule is Cc1oc(-c2ccccc2)nc1CC(=O)NCC1=CCNCC1.Cl.Cl. The van der Waals surface area contributed by atoms with Crippen LogP contribution in [0.5, 0.6) is 0 Å². The maximum Gasteiger partial charge on any atom is 0.226 e. The van der Waals surface area contributed by atoms with Crippen molar-refractivity contribution in [2.45, 2.75) is 19.8 Å². The highest BCUT2D eigenvalue weighted by molar-refractivity contribution is 5.85. The molecule has 136 valence electrons. The second-order valence-electron chi connectivity index (χ2n) is 5.66. The number of nitrogens with zero attached hydrogens (tertiary/aromatic N) is 1. The van der Waals surface area contributed by atoms with E-state index in [1.807, 2.05) is 37.3 Å². The zero-order valence-corrected chi connectivity index (χ0v) is 15.7. The maximum absolute atomic E-state index is 12.1. The molecule has 2 heterocycles. The van der Waals surface area contributed by atoms with Crippen molar-refractivity contribution in [3.8, 4) is 11.5 Å². The Morgan fingerprint density at radius 2 is 2.04 bits per heavy atom. The largest absolute Gasteiger partial charge is 0.441 e. The molecule has 1 aliphatic heterocycles. The molecule has 0 spiro atoms. The summed E-state index contributed by atoms with van der Waals surface area (Å²) in [6.45, 7) is 4.32. The molecule has 1 aliphatic rings. The molecule has 0 atom stereocenters. The second kappa shape index (κ2) is 10.2. The number of rotatable bonds is 5. The summed E-state index contributed by atoms with van der Waals surface area (Å²) < 4.78 is 5.69. The molecule has 7 heteroatoms. The van der Waals surface area contributed by atoms with E-state index < -0.39 is 0 Å². The highest BCUT2D eigenvalue weighted by atomic mass is 35.5. The van der Waals surface area contributed by atoms with Crippen LogP contribution in [-0.2, 0) is 11.2 Å². The third kappa shape index (κ3) is 5.88. The van der Waals surface area contributed by atoms with Gasteiger partial charge in [-0.15, -0.1) is 24.8 Å². The standard InChI is InChI=1S/C18H21N3O2.2ClH/c1-13-16(21-18(23-13)15-5-3-2-4-6-15)11-17(22)20-12-14-7-9-19-10-8-14;;/h2-7,19H,8-12H2,1H3,(H,20,22);2*1H. The lowest BCUT2D eigenvalue weighted by atomic mass is 10.1. The number of carbonyl (C=O) groups is 1. The molecule has 0 unspecified atom stereocenters. The topological polar surface area (TPSA) is 67.2 Å². The van der Waals surface area contributed by atoms with Gasteiger partial charge in [-0.25, -0.2) is 4.98 Å². The van der Waals surface area contributed by atoms with Crippen molar-refractivity contribution in [2.24, 2.45) is 0 Å². The van der Waals surface area contributed by atoms with E-state index in [-0.39, 0.29) is 37.1 Å². The van der Waals surface area contributed by atoms with Gasteiger partial charge in [0.1, 0.15) is 5.76 Å². The Kier molecular flexibility index (Phi) is 8.69. The van der Waals surface area contributed by atoms with E-state index in [4.69, 9.17) is 4.42 Å². The van der Waals surface area contributed by atoms with Crippen molar-refractivity contribution in [3.05, 3.63) is 53.4 Å². The van der Waals surface area contributed by atoms with Crippen LogP contribution in [0.15, 0.2) is 46.4 Å². The van der Waals surface area contributed by atoms with Crippen molar-refractivity contribution < 1.29 is 9.21 Å². The van der Waals surface area contributed by atoms with Gasteiger partial charge >= 0.3 is 0 Å². The van der Waals surface area contributed by atoms with Gasteiger partial charge in [-0.05, 0) is 32.0 Å². The van der Waals surface area contributed by atoms with Gasteiger partial charge in [0.25, 0.3) is 0 Å². The van der Waals surface area contributed by atoms with E-state index >= 15 is 0 Å². The summed E-state index contributed by atoms with van der Waals surface area (Å²) in [5.41, 5.74) is 2.89. The average molecular weight is 384 g/mol. The molecule has 1 aromatic carbocycles. The zero-order chi connectivity index (χ0) is 16.1. The summed E-state index contributed by atoms with van der Waals surface area (Å²) in [4.78, 5) is 16.6. The van der Waals surface area contributed by atoms with Gasteiger partial charge in [-0.2, -0.15) is 0 Å². The molecule has 0 fully saturated rings. The van der Waals surface area contributed by atoms with E-state index in [0.29, 0.717) is 23.9 Å². The van der Waals surface area contributed by atoms with E-state index in [0.717, 1.165) is 25.1 Å². The summed E-state index contributed by atoms with van der Waals surface area (Å²) in [5, 5.41) is 6.22. The third-order valence-corrected chi connectivity index (χ3v) is 3.91. The maximum atomic E-state index is 12.1. The number of oxazole rings is 1. The lowest BCUT2D eigenvalue weighted by Gasteiger charge is -2.14. The molecule has 0 saturated carbocycles. The molecular weight excluding hydrogens is 361 g/mol. The fourth-order valence-electron chi connectivity index (χ4n) is 2.55. The normalized spacial score (nSPS) is 13.2. The Morgan fingerprint density at radius 3 is 2.72 bits per heavy atom. The van der Waals surface area contributed by atoms with Crippen LogP contribution >= 0.6 is 24.8 Å². The smallest absolute Gasteiger partial charge is 0.226 e. The molecule has 25 heavy (non-hydrogen) atoms. The summed E-state index contributed by atoms with van der Waals surface area (Å²) in [6, 6.07) is 9.71.